The molecule has 0 atom stereocenters. The molecule has 0 unspecified atom stereocenters. The quantitative estimate of drug-likeness (QED) is 0.740. The van der Waals surface area contributed by atoms with Crippen molar-refractivity contribution in [2.75, 3.05) is 5.32 Å². The summed E-state index contributed by atoms with van der Waals surface area (Å²) in [6.07, 6.45) is 3.90. The number of hydrogen-bond acceptors (Lipinski definition) is 3. The summed E-state index contributed by atoms with van der Waals surface area (Å²) in [4.78, 5) is 25.6. The normalized spacial score (nSPS) is 9.50. The van der Waals surface area contributed by atoms with Gasteiger partial charge >= 0.3 is 5.97 Å². The Kier molecular flexibility index (Phi) is 4.20. The summed E-state index contributed by atoms with van der Waals surface area (Å²) in [5, 5.41) is 11.3. The lowest BCUT2D eigenvalue weighted by Crippen LogP contribution is -2.11. The van der Waals surface area contributed by atoms with Gasteiger partial charge < -0.3 is 10.4 Å². The minimum absolute atomic E-state index is 0.0958. The number of anilines is 1. The Morgan fingerprint density at radius 2 is 2.31 bits per heavy atom. The smallest absolute Gasteiger partial charge is 0.354 e. The van der Waals surface area contributed by atoms with Gasteiger partial charge in [-0.05, 0) is 18.6 Å². The lowest BCUT2D eigenvalue weighted by atomic mass is 10.2. The molecule has 1 aromatic heterocycles. The molecule has 2 N–H and O–H groups in total. The molecule has 0 saturated carbocycles. The summed E-state index contributed by atoms with van der Waals surface area (Å²) < 4.78 is 0. The van der Waals surface area contributed by atoms with Crippen molar-refractivity contribution in [2.24, 2.45) is 0 Å². The number of aromatic nitrogens is 1. The van der Waals surface area contributed by atoms with Gasteiger partial charge in [-0.3, -0.25) is 4.79 Å². The van der Waals surface area contributed by atoms with Crippen LogP contribution >= 0.6 is 0 Å². The fourth-order valence-corrected chi connectivity index (χ4v) is 1.08. The number of pyridine rings is 1. The topological polar surface area (TPSA) is 79.3 Å². The van der Waals surface area contributed by atoms with Gasteiger partial charge in [0.15, 0.2) is 0 Å². The van der Waals surface area contributed by atoms with Crippen molar-refractivity contribution in [3.63, 3.8) is 0 Å². The van der Waals surface area contributed by atoms with E-state index in [1.54, 1.807) is 6.08 Å². The summed E-state index contributed by atoms with van der Waals surface area (Å²) in [5.74, 6) is -1.30. The van der Waals surface area contributed by atoms with Crippen LogP contribution < -0.4 is 5.32 Å². The maximum absolute atomic E-state index is 11.3. The molecule has 0 aliphatic heterocycles. The van der Waals surface area contributed by atoms with Crippen LogP contribution in [0.2, 0.25) is 0 Å². The molecular weight excluding hydrogens is 208 g/mol. The third-order valence-corrected chi connectivity index (χ3v) is 1.84. The van der Waals surface area contributed by atoms with Crippen molar-refractivity contribution in [1.29, 1.82) is 0 Å². The van der Waals surface area contributed by atoms with Gasteiger partial charge in [0.1, 0.15) is 5.69 Å². The van der Waals surface area contributed by atoms with Gasteiger partial charge in [0, 0.05) is 18.3 Å². The highest BCUT2D eigenvalue weighted by molar-refractivity contribution is 5.92. The van der Waals surface area contributed by atoms with Gasteiger partial charge in [-0.25, -0.2) is 9.78 Å². The van der Waals surface area contributed by atoms with E-state index in [0.29, 0.717) is 18.5 Å². The largest absolute Gasteiger partial charge is 0.477 e. The highest BCUT2D eigenvalue weighted by atomic mass is 16.4. The lowest BCUT2D eigenvalue weighted by molar-refractivity contribution is -0.116. The van der Waals surface area contributed by atoms with E-state index in [4.69, 9.17) is 5.11 Å². The van der Waals surface area contributed by atoms with Crippen molar-refractivity contribution in [1.82, 2.24) is 4.98 Å². The zero-order valence-electron chi connectivity index (χ0n) is 8.64. The Labute approximate surface area is 92.8 Å². The van der Waals surface area contributed by atoms with Gasteiger partial charge in [0.25, 0.3) is 0 Å². The molecule has 0 radical (unpaired) electrons. The van der Waals surface area contributed by atoms with Crippen LogP contribution in [-0.2, 0) is 4.79 Å². The lowest BCUT2D eigenvalue weighted by Gasteiger charge is -2.04. The summed E-state index contributed by atoms with van der Waals surface area (Å²) in [6.45, 7) is 3.51. The van der Waals surface area contributed by atoms with E-state index in [1.807, 2.05) is 0 Å². The van der Waals surface area contributed by atoms with Crippen LogP contribution in [0.4, 0.5) is 5.69 Å². The van der Waals surface area contributed by atoms with Crippen LogP contribution in [0, 0.1) is 0 Å². The van der Waals surface area contributed by atoms with Crippen molar-refractivity contribution >= 4 is 17.6 Å². The van der Waals surface area contributed by atoms with Gasteiger partial charge in [-0.15, -0.1) is 6.58 Å². The average molecular weight is 220 g/mol. The third kappa shape index (κ3) is 3.53. The molecule has 5 heteroatoms. The van der Waals surface area contributed by atoms with E-state index in [-0.39, 0.29) is 11.6 Å². The van der Waals surface area contributed by atoms with Crippen LogP contribution in [0.25, 0.3) is 0 Å². The van der Waals surface area contributed by atoms with E-state index < -0.39 is 5.97 Å². The minimum atomic E-state index is -1.12. The number of aromatic carboxylic acids is 1. The summed E-state index contributed by atoms with van der Waals surface area (Å²) in [6, 6.07) is 2.85. The number of rotatable bonds is 5. The highest BCUT2D eigenvalue weighted by Crippen LogP contribution is 2.08. The molecule has 0 saturated heterocycles. The Balaban J connectivity index is 2.66. The number of carboxylic acids is 1. The van der Waals surface area contributed by atoms with Gasteiger partial charge in [-0.2, -0.15) is 0 Å². The first-order valence-electron chi connectivity index (χ1n) is 4.73. The van der Waals surface area contributed by atoms with E-state index in [2.05, 4.69) is 16.9 Å². The minimum Gasteiger partial charge on any atom is -0.477 e. The zero-order chi connectivity index (χ0) is 12.0. The average Bonchev–Trinajstić information content (AvgIpc) is 2.26. The van der Waals surface area contributed by atoms with Crippen molar-refractivity contribution in [2.45, 2.75) is 12.8 Å². The summed E-state index contributed by atoms with van der Waals surface area (Å²) in [7, 11) is 0. The van der Waals surface area contributed by atoms with E-state index >= 15 is 0 Å². The Morgan fingerprint density at radius 1 is 1.56 bits per heavy atom. The van der Waals surface area contributed by atoms with Crippen LogP contribution in [0.5, 0.6) is 0 Å². The third-order valence-electron chi connectivity index (χ3n) is 1.84. The van der Waals surface area contributed by atoms with Crippen molar-refractivity contribution in [3.8, 4) is 0 Å². The number of carboxylic acid groups (broad SMARTS) is 1. The Bertz CT molecular complexity index is 415. The Hall–Kier alpha value is -2.17. The SMILES string of the molecule is C=CCCC(=O)Nc1ccnc(C(=O)O)c1. The summed E-state index contributed by atoms with van der Waals surface area (Å²) >= 11 is 0. The molecule has 1 rings (SSSR count). The zero-order valence-corrected chi connectivity index (χ0v) is 8.64. The molecule has 0 fully saturated rings. The fraction of sp³-hybridized carbons (Fsp3) is 0.182. The molecule has 0 aliphatic carbocycles. The number of carbonyl (C=O) groups is 2. The van der Waals surface area contributed by atoms with Crippen LogP contribution in [0.15, 0.2) is 31.0 Å². The number of nitrogens with one attached hydrogen (secondary N) is 1. The molecule has 0 aromatic carbocycles. The second-order valence-corrected chi connectivity index (χ2v) is 3.11. The molecule has 0 spiro atoms. The Morgan fingerprint density at radius 3 is 2.94 bits per heavy atom. The van der Waals surface area contributed by atoms with E-state index in [0.717, 1.165) is 0 Å². The first-order chi connectivity index (χ1) is 7.63. The van der Waals surface area contributed by atoms with Crippen molar-refractivity contribution in [3.05, 3.63) is 36.7 Å². The number of amides is 1. The predicted octanol–water partition coefficient (Wildman–Crippen LogP) is 1.68. The van der Waals surface area contributed by atoms with Crippen molar-refractivity contribution < 1.29 is 14.7 Å². The fourth-order valence-electron chi connectivity index (χ4n) is 1.08. The van der Waals surface area contributed by atoms with Crippen LogP contribution in [0.3, 0.4) is 0 Å². The van der Waals surface area contributed by atoms with Crippen LogP contribution in [0.1, 0.15) is 23.3 Å². The number of nitrogens with zero attached hydrogens (tertiary/aromatic N) is 1. The molecule has 1 amide bonds. The molecule has 84 valence electrons. The van der Waals surface area contributed by atoms with Gasteiger partial charge in [0.2, 0.25) is 5.91 Å². The number of hydrogen-bond donors (Lipinski definition) is 2. The molecule has 16 heavy (non-hydrogen) atoms. The summed E-state index contributed by atoms with van der Waals surface area (Å²) in [5.41, 5.74) is 0.336. The second kappa shape index (κ2) is 5.65. The molecule has 0 aliphatic rings. The van der Waals surface area contributed by atoms with Crippen LogP contribution in [-0.4, -0.2) is 22.0 Å². The highest BCUT2D eigenvalue weighted by Gasteiger charge is 2.06. The molecule has 1 heterocycles. The van der Waals surface area contributed by atoms with E-state index in [1.165, 1.54) is 18.3 Å². The van der Waals surface area contributed by atoms with Gasteiger partial charge in [-0.1, -0.05) is 6.08 Å². The van der Waals surface area contributed by atoms with Gasteiger partial charge in [0.05, 0.1) is 0 Å². The predicted molar refractivity (Wildman–Crippen MR) is 59.3 cm³/mol. The second-order valence-electron chi connectivity index (χ2n) is 3.11. The van der Waals surface area contributed by atoms with E-state index in [9.17, 15) is 9.59 Å². The molecule has 1 aromatic rings. The molecule has 0 bridgehead atoms. The molecular formula is C11H12N2O3. The maximum atomic E-state index is 11.3. The first-order valence-corrected chi connectivity index (χ1v) is 4.73. The molecule has 5 nitrogen and oxygen atoms in total. The number of allylic oxidation sites excluding steroid dienone is 1. The monoisotopic (exact) mass is 220 g/mol. The first kappa shape index (κ1) is 11.9. The number of carbonyl (C=O) groups excluding carboxylic acids is 1. The maximum Gasteiger partial charge on any atom is 0.354 e. The standard InChI is InChI=1S/C11H12N2O3/c1-2-3-4-10(14)13-8-5-6-12-9(7-8)11(15)16/h2,5-7H,1,3-4H2,(H,15,16)(H,12,13,14).